The third-order valence-corrected chi connectivity index (χ3v) is 3.71. The zero-order valence-electron chi connectivity index (χ0n) is 12.3. The van der Waals surface area contributed by atoms with Crippen LogP contribution in [0.3, 0.4) is 0 Å². The number of nitrogens with zero attached hydrogens (tertiary/aromatic N) is 1. The lowest BCUT2D eigenvalue weighted by atomic mass is 9.91. The van der Waals surface area contributed by atoms with Crippen molar-refractivity contribution in [2.45, 2.75) is 39.2 Å². The highest BCUT2D eigenvalue weighted by molar-refractivity contribution is 5.93. The first-order valence-electron chi connectivity index (χ1n) is 7.09. The Labute approximate surface area is 119 Å². The summed E-state index contributed by atoms with van der Waals surface area (Å²) in [7, 11) is 1.57. The summed E-state index contributed by atoms with van der Waals surface area (Å²) in [6.07, 6.45) is 2.70. The molecule has 0 unspecified atom stereocenters. The van der Waals surface area contributed by atoms with Crippen molar-refractivity contribution < 1.29 is 14.3 Å². The van der Waals surface area contributed by atoms with Gasteiger partial charge < -0.3 is 14.8 Å². The quantitative estimate of drug-likeness (QED) is 0.919. The van der Waals surface area contributed by atoms with Gasteiger partial charge in [0.05, 0.1) is 30.5 Å². The molecule has 5 heteroatoms. The van der Waals surface area contributed by atoms with Crippen molar-refractivity contribution >= 4 is 11.6 Å². The fourth-order valence-electron chi connectivity index (χ4n) is 2.55. The van der Waals surface area contributed by atoms with Crippen LogP contribution in [0.15, 0.2) is 12.1 Å². The van der Waals surface area contributed by atoms with Gasteiger partial charge >= 0.3 is 0 Å². The minimum atomic E-state index is -0.0738. The van der Waals surface area contributed by atoms with E-state index in [-0.39, 0.29) is 17.9 Å². The third-order valence-electron chi connectivity index (χ3n) is 3.71. The first-order chi connectivity index (χ1) is 9.65. The van der Waals surface area contributed by atoms with Crippen LogP contribution in [0.1, 0.15) is 31.9 Å². The summed E-state index contributed by atoms with van der Waals surface area (Å²) in [4.78, 5) is 16.7. The van der Waals surface area contributed by atoms with Gasteiger partial charge in [0.25, 0.3) is 0 Å². The smallest absolute Gasteiger partial charge is 0.230 e. The number of carbonyl (C=O) groups is 1. The number of pyridine rings is 1. The first-order valence-corrected chi connectivity index (χ1v) is 7.09. The molecule has 1 aliphatic heterocycles. The lowest BCUT2D eigenvalue weighted by molar-refractivity contribution is -0.129. The molecule has 2 rings (SSSR count). The highest BCUT2D eigenvalue weighted by Gasteiger charge is 2.30. The molecule has 1 N–H and O–H groups in total. The second kappa shape index (κ2) is 6.70. The number of ether oxygens (including phenoxy) is 2. The zero-order valence-corrected chi connectivity index (χ0v) is 12.3. The van der Waals surface area contributed by atoms with Crippen molar-refractivity contribution in [1.29, 1.82) is 0 Å². The van der Waals surface area contributed by atoms with E-state index < -0.39 is 0 Å². The molecule has 0 bridgehead atoms. The molecule has 5 nitrogen and oxygen atoms in total. The van der Waals surface area contributed by atoms with E-state index in [9.17, 15) is 4.79 Å². The predicted molar refractivity (Wildman–Crippen MR) is 76.9 cm³/mol. The number of carbonyl (C=O) groups excluding carboxylic acids is 1. The van der Waals surface area contributed by atoms with Gasteiger partial charge in [-0.3, -0.25) is 4.79 Å². The van der Waals surface area contributed by atoms with E-state index in [2.05, 4.69) is 17.2 Å². The van der Waals surface area contributed by atoms with Gasteiger partial charge in [0.1, 0.15) is 0 Å². The Morgan fingerprint density at radius 3 is 3.00 bits per heavy atom. The van der Waals surface area contributed by atoms with E-state index in [0.717, 1.165) is 37.3 Å². The largest absolute Gasteiger partial charge is 0.481 e. The molecule has 1 amide bonds. The summed E-state index contributed by atoms with van der Waals surface area (Å²) in [5, 5.41) is 2.96. The fraction of sp³-hybridized carbons (Fsp3) is 0.600. The molecule has 1 fully saturated rings. The van der Waals surface area contributed by atoms with Gasteiger partial charge in [-0.2, -0.15) is 0 Å². The van der Waals surface area contributed by atoms with Crippen molar-refractivity contribution in [2.75, 3.05) is 19.0 Å². The normalized spacial score (nSPS) is 22.4. The molecular weight excluding hydrogens is 256 g/mol. The molecule has 1 saturated heterocycles. The summed E-state index contributed by atoms with van der Waals surface area (Å²) >= 11 is 0. The maximum Gasteiger partial charge on any atom is 0.230 e. The van der Waals surface area contributed by atoms with Crippen molar-refractivity contribution in [3.63, 3.8) is 0 Å². The van der Waals surface area contributed by atoms with Crippen LogP contribution in [0.4, 0.5) is 5.69 Å². The van der Waals surface area contributed by atoms with Crippen LogP contribution in [-0.4, -0.2) is 30.7 Å². The Bertz CT molecular complexity index is 476. The molecule has 1 aliphatic rings. The minimum absolute atomic E-state index is 0.0200. The van der Waals surface area contributed by atoms with E-state index in [1.165, 1.54) is 0 Å². The Morgan fingerprint density at radius 2 is 2.35 bits per heavy atom. The number of nitrogens with one attached hydrogen (secondary N) is 1. The van der Waals surface area contributed by atoms with Gasteiger partial charge in [-0.1, -0.05) is 6.92 Å². The monoisotopic (exact) mass is 278 g/mol. The Balaban J connectivity index is 2.07. The standard InChI is InChI=1S/C15H22N2O3/c1-4-13-11(6-5-9-20-13)15(18)17-12-7-8-14(19-3)16-10(12)2/h7-8,11,13H,4-6,9H2,1-3H3,(H,17,18)/t11-,13-/m0/s1. The molecule has 0 aromatic carbocycles. The molecule has 2 atom stereocenters. The number of amides is 1. The fourth-order valence-corrected chi connectivity index (χ4v) is 2.55. The van der Waals surface area contributed by atoms with Crippen molar-refractivity contribution in [3.8, 4) is 5.88 Å². The number of hydrogen-bond acceptors (Lipinski definition) is 4. The molecule has 1 aromatic rings. The SMILES string of the molecule is CC[C@@H]1OCCC[C@@H]1C(=O)Nc1ccc(OC)nc1C. The number of aryl methyl sites for hydroxylation is 1. The maximum atomic E-state index is 12.4. The summed E-state index contributed by atoms with van der Waals surface area (Å²) in [5.74, 6) is 0.495. The van der Waals surface area contributed by atoms with Crippen LogP contribution in [-0.2, 0) is 9.53 Å². The molecular formula is C15H22N2O3. The van der Waals surface area contributed by atoms with Gasteiger partial charge in [-0.15, -0.1) is 0 Å². The lowest BCUT2D eigenvalue weighted by Crippen LogP contribution is -2.38. The summed E-state index contributed by atoms with van der Waals surface area (Å²) < 4.78 is 10.7. The van der Waals surface area contributed by atoms with Crippen LogP contribution in [0.25, 0.3) is 0 Å². The molecule has 0 spiro atoms. The number of methoxy groups -OCH3 is 1. The van der Waals surface area contributed by atoms with E-state index in [1.54, 1.807) is 13.2 Å². The highest BCUT2D eigenvalue weighted by Crippen LogP contribution is 2.25. The van der Waals surface area contributed by atoms with Gasteiger partial charge in [0, 0.05) is 12.7 Å². The summed E-state index contributed by atoms with van der Waals surface area (Å²) in [6, 6.07) is 3.57. The second-order valence-corrected chi connectivity index (χ2v) is 5.04. The van der Waals surface area contributed by atoms with Crippen LogP contribution in [0.5, 0.6) is 5.88 Å². The number of hydrogen-bond donors (Lipinski definition) is 1. The maximum absolute atomic E-state index is 12.4. The van der Waals surface area contributed by atoms with Gasteiger partial charge in [0.2, 0.25) is 11.8 Å². The van der Waals surface area contributed by atoms with E-state index in [0.29, 0.717) is 5.88 Å². The second-order valence-electron chi connectivity index (χ2n) is 5.04. The van der Waals surface area contributed by atoms with Crippen LogP contribution >= 0.6 is 0 Å². The topological polar surface area (TPSA) is 60.5 Å². The summed E-state index contributed by atoms with van der Waals surface area (Å²) in [5.41, 5.74) is 1.48. The van der Waals surface area contributed by atoms with Crippen LogP contribution in [0.2, 0.25) is 0 Å². The van der Waals surface area contributed by atoms with Gasteiger partial charge in [0.15, 0.2) is 0 Å². The minimum Gasteiger partial charge on any atom is -0.481 e. The van der Waals surface area contributed by atoms with Crippen LogP contribution < -0.4 is 10.1 Å². The molecule has 20 heavy (non-hydrogen) atoms. The summed E-state index contributed by atoms with van der Waals surface area (Å²) in [6.45, 7) is 4.66. The molecule has 110 valence electrons. The third kappa shape index (κ3) is 3.28. The number of aromatic nitrogens is 1. The average molecular weight is 278 g/mol. The Morgan fingerprint density at radius 1 is 1.55 bits per heavy atom. The van der Waals surface area contributed by atoms with Crippen LogP contribution in [0, 0.1) is 12.8 Å². The molecule has 0 saturated carbocycles. The number of rotatable bonds is 4. The lowest BCUT2D eigenvalue weighted by Gasteiger charge is -2.30. The first kappa shape index (κ1) is 14.8. The Kier molecular flexibility index (Phi) is 4.95. The van der Waals surface area contributed by atoms with Gasteiger partial charge in [-0.25, -0.2) is 4.98 Å². The molecule has 2 heterocycles. The highest BCUT2D eigenvalue weighted by atomic mass is 16.5. The number of anilines is 1. The Hall–Kier alpha value is -1.62. The van der Waals surface area contributed by atoms with E-state index in [1.807, 2.05) is 13.0 Å². The molecule has 0 radical (unpaired) electrons. The zero-order chi connectivity index (χ0) is 14.5. The van der Waals surface area contributed by atoms with Crippen molar-refractivity contribution in [2.24, 2.45) is 5.92 Å². The van der Waals surface area contributed by atoms with E-state index in [4.69, 9.17) is 9.47 Å². The van der Waals surface area contributed by atoms with Crippen molar-refractivity contribution in [1.82, 2.24) is 4.98 Å². The van der Waals surface area contributed by atoms with E-state index >= 15 is 0 Å². The van der Waals surface area contributed by atoms with Gasteiger partial charge in [-0.05, 0) is 32.3 Å². The molecule has 1 aromatic heterocycles. The molecule has 0 aliphatic carbocycles. The van der Waals surface area contributed by atoms with Crippen molar-refractivity contribution in [3.05, 3.63) is 17.8 Å². The average Bonchev–Trinajstić information content (AvgIpc) is 2.49. The predicted octanol–water partition coefficient (Wildman–Crippen LogP) is 2.54.